The van der Waals surface area contributed by atoms with Gasteiger partial charge in [0, 0.05) is 24.8 Å². The molecule has 0 spiro atoms. The van der Waals surface area contributed by atoms with Crippen molar-refractivity contribution in [1.82, 2.24) is 19.7 Å². The van der Waals surface area contributed by atoms with E-state index >= 15 is 0 Å². The molecule has 1 aromatic carbocycles. The van der Waals surface area contributed by atoms with Crippen LogP contribution in [0.15, 0.2) is 42.7 Å². The van der Waals surface area contributed by atoms with Crippen LogP contribution in [0, 0.1) is 0 Å². The SMILES string of the molecule is CNc1nc(N[C@H]2C[C@@H](O)[C@@H]2n2cccn2)nc2ccccc12. The summed E-state index contributed by atoms with van der Waals surface area (Å²) in [5, 5.41) is 21.7. The predicted molar refractivity (Wildman–Crippen MR) is 88.4 cm³/mol. The van der Waals surface area contributed by atoms with Crippen LogP contribution >= 0.6 is 0 Å². The molecular formula is C16H18N6O. The highest BCUT2D eigenvalue weighted by atomic mass is 16.3. The van der Waals surface area contributed by atoms with Crippen molar-refractivity contribution < 1.29 is 5.11 Å². The van der Waals surface area contributed by atoms with Crippen molar-refractivity contribution in [2.75, 3.05) is 17.7 Å². The van der Waals surface area contributed by atoms with Gasteiger partial charge in [-0.05, 0) is 24.6 Å². The third kappa shape index (κ3) is 2.39. The number of aromatic nitrogens is 4. The maximum absolute atomic E-state index is 10.0. The second-order valence-corrected chi connectivity index (χ2v) is 5.69. The molecule has 0 aliphatic heterocycles. The van der Waals surface area contributed by atoms with Crippen molar-refractivity contribution >= 4 is 22.7 Å². The van der Waals surface area contributed by atoms with Crippen LogP contribution in [-0.2, 0) is 0 Å². The van der Waals surface area contributed by atoms with E-state index in [0.717, 1.165) is 16.7 Å². The maximum atomic E-state index is 10.0. The summed E-state index contributed by atoms with van der Waals surface area (Å²) in [6.07, 6.45) is 3.82. The van der Waals surface area contributed by atoms with E-state index in [-0.39, 0.29) is 12.1 Å². The largest absolute Gasteiger partial charge is 0.391 e. The van der Waals surface area contributed by atoms with Gasteiger partial charge in [0.15, 0.2) is 0 Å². The average molecular weight is 310 g/mol. The van der Waals surface area contributed by atoms with Gasteiger partial charge in [-0.2, -0.15) is 10.1 Å². The van der Waals surface area contributed by atoms with Gasteiger partial charge in [-0.15, -0.1) is 0 Å². The van der Waals surface area contributed by atoms with Gasteiger partial charge in [-0.1, -0.05) is 12.1 Å². The molecule has 0 unspecified atom stereocenters. The van der Waals surface area contributed by atoms with Crippen LogP contribution in [0.1, 0.15) is 12.5 Å². The Morgan fingerprint density at radius 2 is 2.09 bits per heavy atom. The zero-order valence-corrected chi connectivity index (χ0v) is 12.7. The van der Waals surface area contributed by atoms with Crippen LogP contribution < -0.4 is 10.6 Å². The highest BCUT2D eigenvalue weighted by Gasteiger charge is 2.42. The number of rotatable bonds is 4. The minimum atomic E-state index is -0.406. The van der Waals surface area contributed by atoms with Crippen molar-refractivity contribution in [2.45, 2.75) is 24.6 Å². The number of hydrogen-bond acceptors (Lipinski definition) is 6. The van der Waals surface area contributed by atoms with Gasteiger partial charge in [-0.3, -0.25) is 4.68 Å². The number of para-hydroxylation sites is 1. The Kier molecular flexibility index (Phi) is 3.34. The van der Waals surface area contributed by atoms with Gasteiger partial charge in [-0.25, -0.2) is 4.98 Å². The summed E-state index contributed by atoms with van der Waals surface area (Å²) in [4.78, 5) is 9.11. The Balaban J connectivity index is 1.63. The molecule has 118 valence electrons. The molecule has 23 heavy (non-hydrogen) atoms. The van der Waals surface area contributed by atoms with E-state index < -0.39 is 6.10 Å². The van der Waals surface area contributed by atoms with Gasteiger partial charge in [0.1, 0.15) is 5.82 Å². The van der Waals surface area contributed by atoms with Crippen molar-refractivity contribution in [2.24, 2.45) is 0 Å². The molecule has 7 nitrogen and oxygen atoms in total. The van der Waals surface area contributed by atoms with Crippen LogP contribution in [0.5, 0.6) is 0 Å². The number of fused-ring (bicyclic) bond motifs is 1. The lowest BCUT2D eigenvalue weighted by Crippen LogP contribution is -2.51. The summed E-state index contributed by atoms with van der Waals surface area (Å²) in [5.74, 6) is 1.34. The predicted octanol–water partition coefficient (Wildman–Crippen LogP) is 1.65. The van der Waals surface area contributed by atoms with Crippen LogP contribution in [-0.4, -0.2) is 44.0 Å². The Hall–Kier alpha value is -2.67. The fourth-order valence-electron chi connectivity index (χ4n) is 3.07. The Bertz CT molecular complexity index is 819. The fraction of sp³-hybridized carbons (Fsp3) is 0.312. The van der Waals surface area contributed by atoms with Gasteiger partial charge in [0.25, 0.3) is 0 Å². The molecule has 3 N–H and O–H groups in total. The van der Waals surface area contributed by atoms with Crippen molar-refractivity contribution in [1.29, 1.82) is 0 Å². The molecule has 7 heteroatoms. The molecule has 2 aromatic heterocycles. The second-order valence-electron chi connectivity index (χ2n) is 5.69. The van der Waals surface area contributed by atoms with E-state index in [1.165, 1.54) is 0 Å². The van der Waals surface area contributed by atoms with E-state index in [2.05, 4.69) is 25.7 Å². The fourth-order valence-corrected chi connectivity index (χ4v) is 3.07. The number of aliphatic hydroxyl groups excluding tert-OH is 1. The molecule has 1 fully saturated rings. The molecule has 0 saturated heterocycles. The van der Waals surface area contributed by atoms with Crippen LogP contribution in [0.4, 0.5) is 11.8 Å². The molecule has 3 atom stereocenters. The monoisotopic (exact) mass is 310 g/mol. The number of anilines is 2. The number of nitrogens with one attached hydrogen (secondary N) is 2. The third-order valence-electron chi connectivity index (χ3n) is 4.29. The highest BCUT2D eigenvalue weighted by molar-refractivity contribution is 5.89. The molecule has 0 bridgehead atoms. The number of nitrogens with zero attached hydrogens (tertiary/aromatic N) is 4. The van der Waals surface area contributed by atoms with E-state index in [1.807, 2.05) is 43.6 Å². The molecule has 1 aliphatic carbocycles. The first kappa shape index (κ1) is 14.0. The lowest BCUT2D eigenvalue weighted by Gasteiger charge is -2.41. The summed E-state index contributed by atoms with van der Waals surface area (Å²) in [5.41, 5.74) is 0.880. The molecule has 0 radical (unpaired) electrons. The molecule has 2 heterocycles. The molecule has 4 rings (SSSR count). The molecular weight excluding hydrogens is 292 g/mol. The van der Waals surface area contributed by atoms with Gasteiger partial charge in [0.2, 0.25) is 5.95 Å². The summed E-state index contributed by atoms with van der Waals surface area (Å²) >= 11 is 0. The lowest BCUT2D eigenvalue weighted by molar-refractivity contribution is 0.0132. The van der Waals surface area contributed by atoms with Gasteiger partial charge < -0.3 is 15.7 Å². The molecule has 0 amide bonds. The quantitative estimate of drug-likeness (QED) is 0.679. The first-order valence-corrected chi connectivity index (χ1v) is 7.64. The van der Waals surface area contributed by atoms with E-state index in [0.29, 0.717) is 12.4 Å². The third-order valence-corrected chi connectivity index (χ3v) is 4.29. The van der Waals surface area contributed by atoms with Crippen LogP contribution in [0.25, 0.3) is 10.9 Å². The Morgan fingerprint density at radius 3 is 2.83 bits per heavy atom. The summed E-state index contributed by atoms with van der Waals surface area (Å²) < 4.78 is 1.78. The lowest BCUT2D eigenvalue weighted by atomic mass is 9.83. The first-order valence-electron chi connectivity index (χ1n) is 7.64. The number of benzene rings is 1. The molecule has 1 aliphatic rings. The normalized spacial score (nSPS) is 23.5. The van der Waals surface area contributed by atoms with Gasteiger partial charge >= 0.3 is 0 Å². The van der Waals surface area contributed by atoms with Crippen molar-refractivity contribution in [3.63, 3.8) is 0 Å². The van der Waals surface area contributed by atoms with E-state index in [1.54, 1.807) is 10.9 Å². The minimum Gasteiger partial charge on any atom is -0.391 e. The second kappa shape index (κ2) is 5.51. The smallest absolute Gasteiger partial charge is 0.225 e. The zero-order chi connectivity index (χ0) is 15.8. The Labute approximate surface area is 133 Å². The number of aliphatic hydroxyl groups is 1. The number of hydrogen-bond donors (Lipinski definition) is 3. The minimum absolute atomic E-state index is 0.0516. The molecule has 1 saturated carbocycles. The zero-order valence-electron chi connectivity index (χ0n) is 12.7. The van der Waals surface area contributed by atoms with Crippen molar-refractivity contribution in [3.05, 3.63) is 42.7 Å². The topological polar surface area (TPSA) is 87.9 Å². The maximum Gasteiger partial charge on any atom is 0.225 e. The summed E-state index contributed by atoms with van der Waals surface area (Å²) in [6.45, 7) is 0. The summed E-state index contributed by atoms with van der Waals surface area (Å²) in [7, 11) is 1.85. The standard InChI is InChI=1S/C16H18N6O/c1-17-15-10-5-2-3-6-11(10)19-16(21-15)20-12-9-13(23)14(12)22-8-4-7-18-22/h2-8,12-14,23H,9H2,1H3,(H2,17,19,20,21)/t12-,13+,14+/m0/s1. The van der Waals surface area contributed by atoms with E-state index in [4.69, 9.17) is 0 Å². The van der Waals surface area contributed by atoms with Crippen molar-refractivity contribution in [3.8, 4) is 0 Å². The van der Waals surface area contributed by atoms with Crippen LogP contribution in [0.2, 0.25) is 0 Å². The first-order chi connectivity index (χ1) is 11.3. The van der Waals surface area contributed by atoms with Gasteiger partial charge in [0.05, 0.1) is 23.7 Å². The highest BCUT2D eigenvalue weighted by Crippen LogP contribution is 2.34. The van der Waals surface area contributed by atoms with Crippen LogP contribution in [0.3, 0.4) is 0 Å². The average Bonchev–Trinajstić information content (AvgIpc) is 3.06. The molecule has 3 aromatic rings. The van der Waals surface area contributed by atoms with E-state index in [9.17, 15) is 5.11 Å². The Morgan fingerprint density at radius 1 is 1.22 bits per heavy atom. The summed E-state index contributed by atoms with van der Waals surface area (Å²) in [6, 6.07) is 9.68.